The predicted molar refractivity (Wildman–Crippen MR) is 220 cm³/mol. The lowest BCUT2D eigenvalue weighted by molar-refractivity contribution is 0.306. The molecule has 268 valence electrons. The minimum absolute atomic E-state index is 0.823. The Morgan fingerprint density at radius 1 is 0.396 bits per heavy atom. The van der Waals surface area contributed by atoms with E-state index in [2.05, 4.69) is 52.0 Å². The lowest BCUT2D eigenvalue weighted by Gasteiger charge is -2.07. The average molecular weight is 729 g/mol. The molecule has 2 nitrogen and oxygen atoms in total. The molecule has 4 heterocycles. The Morgan fingerprint density at radius 3 is 1.04 bits per heavy atom. The minimum Gasteiger partial charge on any atom is -0.492 e. The number of rotatable bonds is 28. The van der Waals surface area contributed by atoms with E-state index >= 15 is 0 Å². The molecule has 0 saturated heterocycles. The summed E-state index contributed by atoms with van der Waals surface area (Å²) in [5, 5.41) is 0. The molecular formula is C42H64O2S4. The number of aryl methyl sites for hydroxylation is 2. The maximum absolute atomic E-state index is 6.38. The van der Waals surface area contributed by atoms with Gasteiger partial charge in [-0.05, 0) is 51.0 Å². The van der Waals surface area contributed by atoms with E-state index in [4.69, 9.17) is 9.47 Å². The van der Waals surface area contributed by atoms with E-state index in [0.29, 0.717) is 0 Å². The van der Waals surface area contributed by atoms with Crippen molar-refractivity contribution in [2.75, 3.05) is 13.2 Å². The highest BCUT2D eigenvalue weighted by molar-refractivity contribution is 7.33. The van der Waals surface area contributed by atoms with Crippen LogP contribution in [-0.2, 0) is 0 Å². The van der Waals surface area contributed by atoms with E-state index in [1.165, 1.54) is 167 Å². The zero-order valence-corrected chi connectivity index (χ0v) is 34.0. The SMILES string of the molecule is CCCCCCCCCCCCCOc1cc(C)sc1-c1cc2sc(-c3sc(C)cc3OCCCCCCCCCCCCC)cc2s1. The molecule has 0 aliphatic carbocycles. The standard InChI is InChI=1S/C42H64O2S4/c1-5-7-9-11-13-15-17-19-21-23-25-27-43-35-29-33(3)45-41(35)39-31-37-38(47-39)32-40(48-37)42-36(30-34(4)46-42)44-28-26-24-22-20-18-16-14-12-10-8-6-2/h29-32H,5-28H2,1-4H3. The molecule has 0 aromatic carbocycles. The highest BCUT2D eigenvalue weighted by Gasteiger charge is 2.18. The lowest BCUT2D eigenvalue weighted by atomic mass is 10.1. The first-order valence-electron chi connectivity index (χ1n) is 19.6. The molecule has 0 bridgehead atoms. The maximum Gasteiger partial charge on any atom is 0.138 e. The van der Waals surface area contributed by atoms with E-state index in [9.17, 15) is 0 Å². The zero-order valence-electron chi connectivity index (χ0n) is 30.7. The molecule has 0 aliphatic heterocycles. The molecule has 0 N–H and O–H groups in total. The van der Waals surface area contributed by atoms with Gasteiger partial charge >= 0.3 is 0 Å². The highest BCUT2D eigenvalue weighted by Crippen LogP contribution is 2.49. The van der Waals surface area contributed by atoms with Gasteiger partial charge in [-0.1, -0.05) is 142 Å². The summed E-state index contributed by atoms with van der Waals surface area (Å²) in [6, 6.07) is 9.26. The van der Waals surface area contributed by atoms with E-state index in [1.54, 1.807) is 0 Å². The molecule has 4 aromatic heterocycles. The van der Waals surface area contributed by atoms with Gasteiger partial charge in [0.2, 0.25) is 0 Å². The summed E-state index contributed by atoms with van der Waals surface area (Å²) in [5.41, 5.74) is 0. The number of thiophene rings is 4. The molecule has 0 unspecified atom stereocenters. The summed E-state index contributed by atoms with van der Waals surface area (Å²) in [4.78, 5) is 7.92. The largest absolute Gasteiger partial charge is 0.492 e. The molecule has 0 aliphatic rings. The van der Waals surface area contributed by atoms with Crippen LogP contribution in [0.25, 0.3) is 28.9 Å². The summed E-state index contributed by atoms with van der Waals surface area (Å²) >= 11 is 7.56. The Morgan fingerprint density at radius 2 is 0.708 bits per heavy atom. The normalized spacial score (nSPS) is 11.7. The van der Waals surface area contributed by atoms with Crippen LogP contribution in [0.5, 0.6) is 11.5 Å². The average Bonchev–Trinajstić information content (AvgIpc) is 3.84. The Labute approximate surface area is 309 Å². The van der Waals surface area contributed by atoms with E-state index in [1.807, 2.05) is 45.3 Å². The van der Waals surface area contributed by atoms with Crippen molar-refractivity contribution in [3.05, 3.63) is 34.0 Å². The summed E-state index contributed by atoms with van der Waals surface area (Å²) in [6.07, 6.45) is 30.0. The summed E-state index contributed by atoms with van der Waals surface area (Å²) in [5.74, 6) is 2.15. The third-order valence-corrected chi connectivity index (χ3v) is 14.0. The Kier molecular flexibility index (Phi) is 19.1. The van der Waals surface area contributed by atoms with E-state index < -0.39 is 0 Å². The third kappa shape index (κ3) is 13.8. The predicted octanol–water partition coefficient (Wildman–Crippen LogP) is 16.4. The topological polar surface area (TPSA) is 18.5 Å². The molecule has 0 amide bonds. The quantitative estimate of drug-likeness (QED) is 0.0542. The molecule has 0 spiro atoms. The van der Waals surface area contributed by atoms with Crippen molar-refractivity contribution in [3.63, 3.8) is 0 Å². The zero-order chi connectivity index (χ0) is 33.8. The molecular weight excluding hydrogens is 665 g/mol. The minimum atomic E-state index is 0.823. The van der Waals surface area contributed by atoms with Crippen LogP contribution in [0.3, 0.4) is 0 Å². The second-order valence-electron chi connectivity index (χ2n) is 13.8. The van der Waals surface area contributed by atoms with Crippen LogP contribution < -0.4 is 9.47 Å². The number of unbranched alkanes of at least 4 members (excludes halogenated alkanes) is 20. The van der Waals surface area contributed by atoms with Crippen LogP contribution in [0.15, 0.2) is 24.3 Å². The summed E-state index contributed by atoms with van der Waals surface area (Å²) in [7, 11) is 0. The van der Waals surface area contributed by atoms with Gasteiger partial charge in [0.1, 0.15) is 11.5 Å². The first-order valence-corrected chi connectivity index (χ1v) is 22.9. The van der Waals surface area contributed by atoms with Crippen molar-refractivity contribution in [2.24, 2.45) is 0 Å². The van der Waals surface area contributed by atoms with Crippen molar-refractivity contribution in [3.8, 4) is 31.0 Å². The summed E-state index contributed by atoms with van der Waals surface area (Å²) in [6.45, 7) is 10.6. The fourth-order valence-electron chi connectivity index (χ4n) is 6.50. The number of hydrogen-bond acceptors (Lipinski definition) is 6. The monoisotopic (exact) mass is 728 g/mol. The molecule has 0 radical (unpaired) electrons. The molecule has 48 heavy (non-hydrogen) atoms. The molecule has 0 atom stereocenters. The van der Waals surface area contributed by atoms with Crippen LogP contribution in [0.2, 0.25) is 0 Å². The van der Waals surface area contributed by atoms with Gasteiger partial charge in [0, 0.05) is 19.2 Å². The Bertz CT molecular complexity index is 1270. The van der Waals surface area contributed by atoms with Crippen molar-refractivity contribution in [1.29, 1.82) is 0 Å². The first kappa shape index (κ1) is 39.4. The van der Waals surface area contributed by atoms with Crippen molar-refractivity contribution in [2.45, 2.75) is 169 Å². The number of fused-ring (bicyclic) bond motifs is 1. The van der Waals surface area contributed by atoms with Gasteiger partial charge in [-0.15, -0.1) is 45.3 Å². The van der Waals surface area contributed by atoms with Crippen LogP contribution >= 0.6 is 45.3 Å². The smallest absolute Gasteiger partial charge is 0.138 e. The van der Waals surface area contributed by atoms with Gasteiger partial charge in [0.25, 0.3) is 0 Å². The highest BCUT2D eigenvalue weighted by atomic mass is 32.1. The maximum atomic E-state index is 6.38. The first-order chi connectivity index (χ1) is 23.6. The van der Waals surface area contributed by atoms with Crippen LogP contribution in [0.1, 0.15) is 165 Å². The fourth-order valence-corrected chi connectivity index (χ4v) is 11.0. The van der Waals surface area contributed by atoms with Crippen LogP contribution in [0, 0.1) is 13.8 Å². The third-order valence-electron chi connectivity index (χ3n) is 9.31. The number of ether oxygens (including phenoxy) is 2. The molecule has 6 heteroatoms. The lowest BCUT2D eigenvalue weighted by Crippen LogP contribution is -1.97. The van der Waals surface area contributed by atoms with Gasteiger partial charge < -0.3 is 9.47 Å². The van der Waals surface area contributed by atoms with Crippen LogP contribution in [0.4, 0.5) is 0 Å². The molecule has 4 aromatic rings. The van der Waals surface area contributed by atoms with E-state index in [0.717, 1.165) is 37.6 Å². The van der Waals surface area contributed by atoms with Crippen molar-refractivity contribution < 1.29 is 9.47 Å². The van der Waals surface area contributed by atoms with Crippen LogP contribution in [-0.4, -0.2) is 13.2 Å². The molecule has 0 saturated carbocycles. The summed E-state index contributed by atoms with van der Waals surface area (Å²) < 4.78 is 15.5. The number of hydrogen-bond donors (Lipinski definition) is 0. The molecule has 0 fully saturated rings. The molecule has 4 rings (SSSR count). The van der Waals surface area contributed by atoms with Gasteiger partial charge in [-0.2, -0.15) is 0 Å². The Hall–Kier alpha value is -1.34. The van der Waals surface area contributed by atoms with Gasteiger partial charge in [-0.3, -0.25) is 0 Å². The van der Waals surface area contributed by atoms with Crippen molar-refractivity contribution in [1.82, 2.24) is 0 Å². The van der Waals surface area contributed by atoms with Gasteiger partial charge in [0.15, 0.2) is 0 Å². The van der Waals surface area contributed by atoms with Gasteiger partial charge in [0.05, 0.1) is 32.7 Å². The second kappa shape index (κ2) is 23.2. The fraction of sp³-hybridized carbons (Fsp3) is 0.667. The Balaban J connectivity index is 1.18. The van der Waals surface area contributed by atoms with E-state index in [-0.39, 0.29) is 0 Å². The van der Waals surface area contributed by atoms with Crippen molar-refractivity contribution >= 4 is 54.7 Å². The second-order valence-corrected chi connectivity index (χ2v) is 18.5. The van der Waals surface area contributed by atoms with Gasteiger partial charge in [-0.25, -0.2) is 0 Å².